The first-order chi connectivity index (χ1) is 8.25. The molecule has 0 N–H and O–H groups in total. The van der Waals surface area contributed by atoms with Gasteiger partial charge in [0.1, 0.15) is 5.82 Å². The Balaban J connectivity index is 2.13. The van der Waals surface area contributed by atoms with Crippen LogP contribution in [0.15, 0.2) is 24.3 Å². The first-order valence-corrected chi connectivity index (χ1v) is 6.33. The minimum Gasteiger partial charge on any atom is -0.308 e. The molecule has 3 nitrogen and oxygen atoms in total. The standard InChI is InChI=1S/C13H14ClN3/c1-9-4-2-7-12-15-16-13(17(9)12)10-5-3-6-11(14)8-10/h3,5-6,8-9H,2,4,7H2,1H3. The van der Waals surface area contributed by atoms with Crippen molar-refractivity contribution in [3.05, 3.63) is 35.1 Å². The van der Waals surface area contributed by atoms with Gasteiger partial charge >= 0.3 is 0 Å². The van der Waals surface area contributed by atoms with Crippen molar-refractivity contribution in [2.24, 2.45) is 0 Å². The molecule has 1 atom stereocenters. The first kappa shape index (κ1) is 10.8. The van der Waals surface area contributed by atoms with Gasteiger partial charge in [0.05, 0.1) is 0 Å². The van der Waals surface area contributed by atoms with Gasteiger partial charge in [0.15, 0.2) is 5.82 Å². The third-order valence-electron chi connectivity index (χ3n) is 3.31. The van der Waals surface area contributed by atoms with Crippen molar-refractivity contribution in [3.8, 4) is 11.4 Å². The number of halogens is 1. The van der Waals surface area contributed by atoms with E-state index in [1.54, 1.807) is 0 Å². The van der Waals surface area contributed by atoms with Crippen molar-refractivity contribution >= 4 is 11.6 Å². The Hall–Kier alpha value is -1.35. The zero-order valence-electron chi connectivity index (χ0n) is 9.73. The number of fused-ring (bicyclic) bond motifs is 1. The second kappa shape index (κ2) is 4.15. The molecule has 4 heteroatoms. The van der Waals surface area contributed by atoms with Crippen LogP contribution >= 0.6 is 11.6 Å². The van der Waals surface area contributed by atoms with Crippen LogP contribution in [0.5, 0.6) is 0 Å². The molecule has 88 valence electrons. The number of hydrogen-bond acceptors (Lipinski definition) is 2. The molecule has 1 aliphatic heterocycles. The topological polar surface area (TPSA) is 30.7 Å². The van der Waals surface area contributed by atoms with Crippen LogP contribution in [0.2, 0.25) is 5.02 Å². The fourth-order valence-electron chi connectivity index (χ4n) is 2.47. The van der Waals surface area contributed by atoms with E-state index in [0.29, 0.717) is 6.04 Å². The lowest BCUT2D eigenvalue weighted by atomic mass is 10.1. The number of aromatic nitrogens is 3. The van der Waals surface area contributed by atoms with Gasteiger partial charge in [-0.05, 0) is 31.9 Å². The van der Waals surface area contributed by atoms with Crippen LogP contribution in [-0.2, 0) is 6.42 Å². The molecule has 0 radical (unpaired) electrons. The summed E-state index contributed by atoms with van der Waals surface area (Å²) in [4.78, 5) is 0. The van der Waals surface area contributed by atoms with Gasteiger partial charge in [-0.1, -0.05) is 23.7 Å². The molecule has 1 aromatic heterocycles. The molecule has 17 heavy (non-hydrogen) atoms. The predicted octanol–water partition coefficient (Wildman–Crippen LogP) is 3.50. The van der Waals surface area contributed by atoms with E-state index in [-0.39, 0.29) is 0 Å². The summed E-state index contributed by atoms with van der Waals surface area (Å²) in [5, 5.41) is 9.34. The van der Waals surface area contributed by atoms with Crippen LogP contribution in [0.25, 0.3) is 11.4 Å². The fourth-order valence-corrected chi connectivity index (χ4v) is 2.66. The molecule has 0 spiro atoms. The van der Waals surface area contributed by atoms with Gasteiger partial charge < -0.3 is 4.57 Å². The third kappa shape index (κ3) is 1.84. The maximum absolute atomic E-state index is 6.02. The molecule has 0 saturated heterocycles. The van der Waals surface area contributed by atoms with E-state index in [1.807, 2.05) is 24.3 Å². The van der Waals surface area contributed by atoms with Crippen LogP contribution in [0.1, 0.15) is 31.6 Å². The number of benzene rings is 1. The molecule has 3 rings (SSSR count). The van der Waals surface area contributed by atoms with Crippen LogP contribution in [0.4, 0.5) is 0 Å². The summed E-state index contributed by atoms with van der Waals surface area (Å²) in [5.74, 6) is 2.04. The maximum Gasteiger partial charge on any atom is 0.164 e. The van der Waals surface area contributed by atoms with Crippen molar-refractivity contribution in [3.63, 3.8) is 0 Å². The summed E-state index contributed by atoms with van der Waals surface area (Å²) in [5.41, 5.74) is 1.05. The monoisotopic (exact) mass is 247 g/mol. The van der Waals surface area contributed by atoms with Gasteiger partial charge in [-0.2, -0.15) is 0 Å². The smallest absolute Gasteiger partial charge is 0.164 e. The summed E-state index contributed by atoms with van der Waals surface area (Å²) in [6.45, 7) is 2.22. The largest absolute Gasteiger partial charge is 0.308 e. The van der Waals surface area contributed by atoms with E-state index in [0.717, 1.165) is 28.7 Å². The Kier molecular flexibility index (Phi) is 2.63. The van der Waals surface area contributed by atoms with E-state index < -0.39 is 0 Å². The minimum atomic E-state index is 0.475. The van der Waals surface area contributed by atoms with Gasteiger partial charge in [0.2, 0.25) is 0 Å². The van der Waals surface area contributed by atoms with Gasteiger partial charge in [0, 0.05) is 23.0 Å². The van der Waals surface area contributed by atoms with Crippen molar-refractivity contribution in [2.45, 2.75) is 32.2 Å². The van der Waals surface area contributed by atoms with Crippen LogP contribution in [0.3, 0.4) is 0 Å². The van der Waals surface area contributed by atoms with Crippen molar-refractivity contribution in [2.75, 3.05) is 0 Å². The van der Waals surface area contributed by atoms with Gasteiger partial charge in [-0.25, -0.2) is 0 Å². The molecule has 0 saturated carbocycles. The highest BCUT2D eigenvalue weighted by atomic mass is 35.5. The summed E-state index contributed by atoms with van der Waals surface area (Å²) in [7, 11) is 0. The van der Waals surface area contributed by atoms with Crippen LogP contribution in [0, 0.1) is 0 Å². The highest BCUT2D eigenvalue weighted by Crippen LogP contribution is 2.30. The molecule has 2 aromatic rings. The second-order valence-electron chi connectivity index (χ2n) is 4.56. The first-order valence-electron chi connectivity index (χ1n) is 5.95. The molecule has 0 amide bonds. The number of rotatable bonds is 1. The normalized spacial score (nSPS) is 19.1. The van der Waals surface area contributed by atoms with E-state index >= 15 is 0 Å². The highest BCUT2D eigenvalue weighted by molar-refractivity contribution is 6.30. The second-order valence-corrected chi connectivity index (χ2v) is 5.00. The Morgan fingerprint density at radius 3 is 3.06 bits per heavy atom. The summed E-state index contributed by atoms with van der Waals surface area (Å²) < 4.78 is 2.25. The molecular formula is C13H14ClN3. The average Bonchev–Trinajstić information content (AvgIpc) is 2.74. The Morgan fingerprint density at radius 1 is 1.35 bits per heavy atom. The lowest BCUT2D eigenvalue weighted by Crippen LogP contribution is -2.16. The summed E-state index contributed by atoms with van der Waals surface area (Å²) >= 11 is 6.02. The number of aryl methyl sites for hydroxylation is 1. The Morgan fingerprint density at radius 2 is 2.24 bits per heavy atom. The molecule has 0 bridgehead atoms. The maximum atomic E-state index is 6.02. The molecule has 1 aliphatic rings. The van der Waals surface area contributed by atoms with Crippen molar-refractivity contribution < 1.29 is 0 Å². The van der Waals surface area contributed by atoms with Gasteiger partial charge in [-0.15, -0.1) is 10.2 Å². The minimum absolute atomic E-state index is 0.475. The molecule has 2 heterocycles. The lowest BCUT2D eigenvalue weighted by Gasteiger charge is -2.22. The third-order valence-corrected chi connectivity index (χ3v) is 3.55. The highest BCUT2D eigenvalue weighted by Gasteiger charge is 2.22. The SMILES string of the molecule is CC1CCCc2nnc(-c3cccc(Cl)c3)n21. The van der Waals surface area contributed by atoms with Crippen LogP contribution in [-0.4, -0.2) is 14.8 Å². The quantitative estimate of drug-likeness (QED) is 0.772. The molecule has 1 aromatic carbocycles. The fraction of sp³-hybridized carbons (Fsp3) is 0.385. The van der Waals surface area contributed by atoms with E-state index in [9.17, 15) is 0 Å². The van der Waals surface area contributed by atoms with E-state index in [1.165, 1.54) is 12.8 Å². The average molecular weight is 248 g/mol. The Labute approximate surface area is 105 Å². The van der Waals surface area contributed by atoms with Crippen LogP contribution < -0.4 is 0 Å². The predicted molar refractivity (Wildman–Crippen MR) is 68.1 cm³/mol. The summed E-state index contributed by atoms with van der Waals surface area (Å²) in [6, 6.07) is 8.28. The molecular weight excluding hydrogens is 234 g/mol. The number of nitrogens with zero attached hydrogens (tertiary/aromatic N) is 3. The Bertz CT molecular complexity index is 547. The van der Waals surface area contributed by atoms with E-state index in [4.69, 9.17) is 11.6 Å². The van der Waals surface area contributed by atoms with Gasteiger partial charge in [-0.3, -0.25) is 0 Å². The zero-order valence-corrected chi connectivity index (χ0v) is 10.5. The summed E-state index contributed by atoms with van der Waals surface area (Å²) in [6.07, 6.45) is 3.42. The zero-order chi connectivity index (χ0) is 11.8. The van der Waals surface area contributed by atoms with E-state index in [2.05, 4.69) is 21.7 Å². The number of hydrogen-bond donors (Lipinski definition) is 0. The van der Waals surface area contributed by atoms with Gasteiger partial charge in [0.25, 0.3) is 0 Å². The molecule has 0 fully saturated rings. The molecule has 0 aliphatic carbocycles. The van der Waals surface area contributed by atoms with Crippen molar-refractivity contribution in [1.29, 1.82) is 0 Å². The molecule has 1 unspecified atom stereocenters. The van der Waals surface area contributed by atoms with Crippen molar-refractivity contribution in [1.82, 2.24) is 14.8 Å². The lowest BCUT2D eigenvalue weighted by molar-refractivity contribution is 0.429.